The van der Waals surface area contributed by atoms with E-state index in [1.165, 1.54) is 6.42 Å². The molecule has 84 valence electrons. The summed E-state index contributed by atoms with van der Waals surface area (Å²) in [5.74, 6) is 0. The van der Waals surface area contributed by atoms with Crippen molar-refractivity contribution in [3.8, 4) is 0 Å². The molecule has 1 atom stereocenters. The van der Waals surface area contributed by atoms with Crippen LogP contribution in [0.15, 0.2) is 6.20 Å². The quantitative estimate of drug-likeness (QED) is 0.821. The predicted molar refractivity (Wildman–Crippen MR) is 60.0 cm³/mol. The zero-order valence-electron chi connectivity index (χ0n) is 9.49. The number of aromatic nitrogens is 2. The van der Waals surface area contributed by atoms with Gasteiger partial charge in [0.15, 0.2) is 0 Å². The van der Waals surface area contributed by atoms with Crippen LogP contribution in [0.2, 0.25) is 0 Å². The molecule has 4 heteroatoms. The van der Waals surface area contributed by atoms with Crippen LogP contribution >= 0.6 is 0 Å². The van der Waals surface area contributed by atoms with E-state index < -0.39 is 0 Å². The number of nitrogens with one attached hydrogen (secondary N) is 1. The fraction of sp³-hybridized carbons (Fsp3) is 0.727. The van der Waals surface area contributed by atoms with Crippen molar-refractivity contribution in [1.82, 2.24) is 9.78 Å². The van der Waals surface area contributed by atoms with E-state index in [9.17, 15) is 0 Å². The molecular formula is C11H19N3O. The van der Waals surface area contributed by atoms with Gasteiger partial charge < -0.3 is 10.1 Å². The third-order valence-electron chi connectivity index (χ3n) is 2.76. The Balaban J connectivity index is 2.02. The summed E-state index contributed by atoms with van der Waals surface area (Å²) in [6.45, 7) is 3.86. The first-order valence-corrected chi connectivity index (χ1v) is 5.66. The molecule has 0 amide bonds. The molecule has 0 spiro atoms. The summed E-state index contributed by atoms with van der Waals surface area (Å²) < 4.78 is 7.31. The minimum absolute atomic E-state index is 0.452. The first kappa shape index (κ1) is 10.5. The predicted octanol–water partition coefficient (Wildman–Crippen LogP) is 1.57. The van der Waals surface area contributed by atoms with Crippen LogP contribution in [0.25, 0.3) is 0 Å². The Bertz CT molecular complexity index is 316. The molecule has 1 N–H and O–H groups in total. The van der Waals surface area contributed by atoms with Crippen LogP contribution in [0, 0.1) is 0 Å². The molecule has 0 bridgehead atoms. The zero-order valence-corrected chi connectivity index (χ0v) is 9.49. The molecule has 1 aliphatic heterocycles. The lowest BCUT2D eigenvalue weighted by Crippen LogP contribution is -2.30. The fourth-order valence-electron chi connectivity index (χ4n) is 1.99. The van der Waals surface area contributed by atoms with Gasteiger partial charge in [0, 0.05) is 25.9 Å². The SMILES string of the molecule is CCc1nn(C)cc1NC1CCCOC1. The van der Waals surface area contributed by atoms with Crippen molar-refractivity contribution in [2.24, 2.45) is 7.05 Å². The zero-order chi connectivity index (χ0) is 10.7. The Morgan fingerprint density at radius 2 is 2.53 bits per heavy atom. The average molecular weight is 209 g/mol. The maximum absolute atomic E-state index is 5.44. The van der Waals surface area contributed by atoms with Gasteiger partial charge in [0.2, 0.25) is 0 Å². The van der Waals surface area contributed by atoms with E-state index in [-0.39, 0.29) is 0 Å². The molecule has 1 saturated heterocycles. The molecule has 0 radical (unpaired) electrons. The van der Waals surface area contributed by atoms with E-state index in [0.717, 1.165) is 37.4 Å². The van der Waals surface area contributed by atoms with Crippen LogP contribution in [-0.2, 0) is 18.2 Å². The van der Waals surface area contributed by atoms with E-state index in [0.29, 0.717) is 6.04 Å². The monoisotopic (exact) mass is 209 g/mol. The van der Waals surface area contributed by atoms with Crippen LogP contribution in [0.5, 0.6) is 0 Å². The summed E-state index contributed by atoms with van der Waals surface area (Å²) in [6.07, 6.45) is 5.36. The molecule has 4 nitrogen and oxygen atoms in total. The largest absolute Gasteiger partial charge is 0.379 e. The molecule has 1 unspecified atom stereocenters. The molecule has 1 aromatic heterocycles. The number of rotatable bonds is 3. The van der Waals surface area contributed by atoms with Gasteiger partial charge in [0.05, 0.1) is 18.0 Å². The van der Waals surface area contributed by atoms with E-state index in [2.05, 4.69) is 17.3 Å². The van der Waals surface area contributed by atoms with Crippen molar-refractivity contribution in [1.29, 1.82) is 0 Å². The molecule has 1 aliphatic rings. The Labute approximate surface area is 90.6 Å². The van der Waals surface area contributed by atoms with Crippen LogP contribution in [0.4, 0.5) is 5.69 Å². The van der Waals surface area contributed by atoms with Crippen LogP contribution in [0.1, 0.15) is 25.5 Å². The second-order valence-corrected chi connectivity index (χ2v) is 4.08. The van der Waals surface area contributed by atoms with Crippen molar-refractivity contribution < 1.29 is 4.74 Å². The van der Waals surface area contributed by atoms with E-state index in [4.69, 9.17) is 4.74 Å². The number of hydrogen-bond donors (Lipinski definition) is 1. The molecule has 0 aliphatic carbocycles. The first-order valence-electron chi connectivity index (χ1n) is 5.66. The highest BCUT2D eigenvalue weighted by Crippen LogP contribution is 2.18. The van der Waals surface area contributed by atoms with Crippen LogP contribution in [0.3, 0.4) is 0 Å². The van der Waals surface area contributed by atoms with Crippen molar-refractivity contribution >= 4 is 5.69 Å². The highest BCUT2D eigenvalue weighted by molar-refractivity contribution is 5.47. The van der Waals surface area contributed by atoms with Gasteiger partial charge in [-0.15, -0.1) is 0 Å². The fourth-order valence-corrected chi connectivity index (χ4v) is 1.99. The van der Waals surface area contributed by atoms with E-state index in [1.54, 1.807) is 0 Å². The lowest BCUT2D eigenvalue weighted by atomic mass is 10.1. The van der Waals surface area contributed by atoms with Crippen molar-refractivity contribution in [3.05, 3.63) is 11.9 Å². The molecule has 0 saturated carbocycles. The summed E-state index contributed by atoms with van der Waals surface area (Å²) in [6, 6.07) is 0.452. The standard InChI is InChI=1S/C11H19N3O/c1-3-10-11(7-14(2)13-10)12-9-5-4-6-15-8-9/h7,9,12H,3-6,8H2,1-2H3. The average Bonchev–Trinajstić information content (AvgIpc) is 2.60. The van der Waals surface area contributed by atoms with Gasteiger partial charge in [-0.1, -0.05) is 6.92 Å². The first-order chi connectivity index (χ1) is 7.29. The second-order valence-electron chi connectivity index (χ2n) is 4.08. The molecule has 0 aromatic carbocycles. The molecular weight excluding hydrogens is 190 g/mol. The van der Waals surface area contributed by atoms with Crippen molar-refractivity contribution in [2.75, 3.05) is 18.5 Å². The molecule has 2 rings (SSSR count). The second kappa shape index (κ2) is 4.66. The van der Waals surface area contributed by atoms with Gasteiger partial charge in [0.25, 0.3) is 0 Å². The number of nitrogens with zero attached hydrogens (tertiary/aromatic N) is 2. The van der Waals surface area contributed by atoms with Crippen LogP contribution in [-0.4, -0.2) is 29.0 Å². The molecule has 1 fully saturated rings. The Morgan fingerprint density at radius 1 is 1.67 bits per heavy atom. The van der Waals surface area contributed by atoms with Gasteiger partial charge in [-0.05, 0) is 19.3 Å². The van der Waals surface area contributed by atoms with E-state index >= 15 is 0 Å². The maximum atomic E-state index is 5.44. The van der Waals surface area contributed by atoms with Gasteiger partial charge in [-0.25, -0.2) is 0 Å². The lowest BCUT2D eigenvalue weighted by Gasteiger charge is -2.23. The normalized spacial score (nSPS) is 21.6. The van der Waals surface area contributed by atoms with E-state index in [1.807, 2.05) is 17.9 Å². The summed E-state index contributed by atoms with van der Waals surface area (Å²) in [4.78, 5) is 0. The number of ether oxygens (including phenoxy) is 1. The number of aryl methyl sites for hydroxylation is 2. The third kappa shape index (κ3) is 2.50. The molecule has 2 heterocycles. The summed E-state index contributed by atoms with van der Waals surface area (Å²) in [5, 5.41) is 7.92. The Kier molecular flexibility index (Phi) is 3.26. The van der Waals surface area contributed by atoms with Crippen molar-refractivity contribution in [3.63, 3.8) is 0 Å². The summed E-state index contributed by atoms with van der Waals surface area (Å²) in [7, 11) is 1.96. The Morgan fingerprint density at radius 3 is 3.20 bits per heavy atom. The third-order valence-corrected chi connectivity index (χ3v) is 2.76. The molecule has 15 heavy (non-hydrogen) atoms. The molecule has 1 aromatic rings. The minimum Gasteiger partial charge on any atom is -0.379 e. The highest BCUT2D eigenvalue weighted by atomic mass is 16.5. The van der Waals surface area contributed by atoms with Gasteiger partial charge >= 0.3 is 0 Å². The Hall–Kier alpha value is -1.03. The maximum Gasteiger partial charge on any atom is 0.0853 e. The lowest BCUT2D eigenvalue weighted by molar-refractivity contribution is 0.0876. The summed E-state index contributed by atoms with van der Waals surface area (Å²) in [5.41, 5.74) is 2.30. The van der Waals surface area contributed by atoms with Gasteiger partial charge in [-0.3, -0.25) is 4.68 Å². The smallest absolute Gasteiger partial charge is 0.0853 e. The number of anilines is 1. The number of hydrogen-bond acceptors (Lipinski definition) is 3. The minimum atomic E-state index is 0.452. The topological polar surface area (TPSA) is 39.1 Å². The highest BCUT2D eigenvalue weighted by Gasteiger charge is 2.15. The van der Waals surface area contributed by atoms with Gasteiger partial charge in [-0.2, -0.15) is 5.10 Å². The van der Waals surface area contributed by atoms with Crippen molar-refractivity contribution in [2.45, 2.75) is 32.2 Å². The van der Waals surface area contributed by atoms with Gasteiger partial charge in [0.1, 0.15) is 0 Å². The summed E-state index contributed by atoms with van der Waals surface area (Å²) >= 11 is 0. The van der Waals surface area contributed by atoms with Crippen LogP contribution < -0.4 is 5.32 Å².